The maximum absolute atomic E-state index is 12.4. The van der Waals surface area contributed by atoms with Crippen LogP contribution in [0.2, 0.25) is 0 Å². The SMILES string of the molecule is CC(C)(C(=O)O)C1(NS(=O)(=O)c2ccccc2)CCC1. The van der Waals surface area contributed by atoms with Gasteiger partial charge in [0.15, 0.2) is 0 Å². The molecule has 0 radical (unpaired) electrons. The lowest BCUT2D eigenvalue weighted by molar-refractivity contribution is -0.154. The Morgan fingerprint density at radius 1 is 1.25 bits per heavy atom. The molecule has 0 saturated heterocycles. The van der Waals surface area contributed by atoms with Crippen molar-refractivity contribution in [2.24, 2.45) is 5.41 Å². The van der Waals surface area contributed by atoms with Gasteiger partial charge in [0, 0.05) is 5.54 Å². The van der Waals surface area contributed by atoms with Crippen LogP contribution in [0.1, 0.15) is 33.1 Å². The Kier molecular flexibility index (Phi) is 3.64. The number of rotatable bonds is 5. The predicted molar refractivity (Wildman–Crippen MR) is 74.8 cm³/mol. The van der Waals surface area contributed by atoms with Crippen LogP contribution in [0.4, 0.5) is 0 Å². The summed E-state index contributed by atoms with van der Waals surface area (Å²) in [6.45, 7) is 3.14. The van der Waals surface area contributed by atoms with Crippen LogP contribution in [0.25, 0.3) is 0 Å². The summed E-state index contributed by atoms with van der Waals surface area (Å²) in [5.41, 5.74) is -2.05. The second kappa shape index (κ2) is 4.86. The molecule has 1 aliphatic carbocycles. The maximum Gasteiger partial charge on any atom is 0.310 e. The summed E-state index contributed by atoms with van der Waals surface area (Å²) in [5.74, 6) is -0.993. The Morgan fingerprint density at radius 3 is 2.20 bits per heavy atom. The molecule has 0 atom stereocenters. The number of carboxylic acids is 1. The van der Waals surface area contributed by atoms with Gasteiger partial charge in [-0.15, -0.1) is 0 Å². The van der Waals surface area contributed by atoms with E-state index in [2.05, 4.69) is 4.72 Å². The first-order valence-electron chi connectivity index (χ1n) is 6.54. The van der Waals surface area contributed by atoms with E-state index in [1.165, 1.54) is 12.1 Å². The van der Waals surface area contributed by atoms with Crippen molar-refractivity contribution >= 4 is 16.0 Å². The summed E-state index contributed by atoms with van der Waals surface area (Å²) in [7, 11) is -3.71. The van der Waals surface area contributed by atoms with Gasteiger partial charge >= 0.3 is 5.97 Å². The van der Waals surface area contributed by atoms with Crippen molar-refractivity contribution in [3.63, 3.8) is 0 Å². The third kappa shape index (κ3) is 2.33. The van der Waals surface area contributed by atoms with E-state index in [9.17, 15) is 18.3 Å². The molecule has 0 aliphatic heterocycles. The quantitative estimate of drug-likeness (QED) is 0.870. The Hall–Kier alpha value is -1.40. The lowest BCUT2D eigenvalue weighted by atomic mass is 9.61. The van der Waals surface area contributed by atoms with Crippen molar-refractivity contribution in [3.05, 3.63) is 30.3 Å². The number of benzene rings is 1. The lowest BCUT2D eigenvalue weighted by Gasteiger charge is -2.50. The Balaban J connectivity index is 2.34. The Bertz CT molecular complexity index is 603. The molecular weight excluding hydrogens is 278 g/mol. The standard InChI is InChI=1S/C14H19NO4S/c1-13(2,12(16)17)14(9-6-10-14)15-20(18,19)11-7-4-3-5-8-11/h3-5,7-8,15H,6,9-10H2,1-2H3,(H,16,17). The molecule has 20 heavy (non-hydrogen) atoms. The fourth-order valence-electron chi connectivity index (χ4n) is 2.51. The summed E-state index contributed by atoms with van der Waals surface area (Å²) in [6.07, 6.45) is 1.91. The molecule has 0 amide bonds. The molecule has 2 N–H and O–H groups in total. The van der Waals surface area contributed by atoms with Crippen molar-refractivity contribution < 1.29 is 18.3 Å². The highest BCUT2D eigenvalue weighted by molar-refractivity contribution is 7.89. The molecule has 1 fully saturated rings. The number of hydrogen-bond donors (Lipinski definition) is 2. The highest BCUT2D eigenvalue weighted by Gasteiger charge is 2.55. The zero-order valence-corrected chi connectivity index (χ0v) is 12.4. The molecule has 6 heteroatoms. The van der Waals surface area contributed by atoms with Gasteiger partial charge in [-0.25, -0.2) is 13.1 Å². The van der Waals surface area contributed by atoms with Crippen LogP contribution in [0.3, 0.4) is 0 Å². The largest absolute Gasteiger partial charge is 0.481 e. The second-order valence-electron chi connectivity index (χ2n) is 5.78. The minimum atomic E-state index is -3.71. The van der Waals surface area contributed by atoms with Gasteiger partial charge in [0.1, 0.15) is 0 Å². The fraction of sp³-hybridized carbons (Fsp3) is 0.500. The number of aliphatic carboxylic acids is 1. The summed E-state index contributed by atoms with van der Waals surface area (Å²) in [5, 5.41) is 9.37. The van der Waals surface area contributed by atoms with Crippen LogP contribution in [-0.2, 0) is 14.8 Å². The first-order chi connectivity index (χ1) is 9.21. The maximum atomic E-state index is 12.4. The van der Waals surface area contributed by atoms with Gasteiger partial charge in [-0.3, -0.25) is 4.79 Å². The number of hydrogen-bond acceptors (Lipinski definition) is 3. The molecule has 0 aromatic heterocycles. The van der Waals surface area contributed by atoms with Crippen molar-refractivity contribution in [2.75, 3.05) is 0 Å². The van der Waals surface area contributed by atoms with E-state index < -0.39 is 26.9 Å². The van der Waals surface area contributed by atoms with Gasteiger partial charge in [-0.1, -0.05) is 18.2 Å². The summed E-state index contributed by atoms with van der Waals surface area (Å²) >= 11 is 0. The molecule has 0 heterocycles. The van der Waals surface area contributed by atoms with Gasteiger partial charge in [0.05, 0.1) is 10.3 Å². The smallest absolute Gasteiger partial charge is 0.310 e. The molecule has 1 aliphatic rings. The zero-order valence-electron chi connectivity index (χ0n) is 11.6. The Morgan fingerprint density at radius 2 is 1.80 bits per heavy atom. The van der Waals surface area contributed by atoms with E-state index >= 15 is 0 Å². The third-order valence-corrected chi connectivity index (χ3v) is 5.87. The van der Waals surface area contributed by atoms with E-state index in [4.69, 9.17) is 0 Å². The fourth-order valence-corrected chi connectivity index (χ4v) is 4.11. The zero-order chi connectivity index (χ0) is 15.0. The van der Waals surface area contributed by atoms with Crippen LogP contribution < -0.4 is 4.72 Å². The lowest BCUT2D eigenvalue weighted by Crippen LogP contribution is -2.64. The van der Waals surface area contributed by atoms with Crippen molar-refractivity contribution in [1.29, 1.82) is 0 Å². The molecule has 0 bridgehead atoms. The van der Waals surface area contributed by atoms with Gasteiger partial charge in [-0.2, -0.15) is 0 Å². The summed E-state index contributed by atoms with van der Waals surface area (Å²) in [4.78, 5) is 11.6. The van der Waals surface area contributed by atoms with Crippen LogP contribution in [0.5, 0.6) is 0 Å². The van der Waals surface area contributed by atoms with Crippen LogP contribution in [0, 0.1) is 5.41 Å². The molecule has 5 nitrogen and oxygen atoms in total. The average molecular weight is 297 g/mol. The highest BCUT2D eigenvalue weighted by Crippen LogP contribution is 2.47. The molecule has 110 valence electrons. The van der Waals surface area contributed by atoms with Crippen LogP contribution >= 0.6 is 0 Å². The van der Waals surface area contributed by atoms with E-state index in [0.717, 1.165) is 6.42 Å². The molecule has 0 spiro atoms. The van der Waals surface area contributed by atoms with Crippen molar-refractivity contribution in [3.8, 4) is 0 Å². The molecule has 1 aromatic rings. The minimum absolute atomic E-state index is 0.160. The first-order valence-corrected chi connectivity index (χ1v) is 8.02. The average Bonchev–Trinajstić information content (AvgIpc) is 2.34. The number of carbonyl (C=O) groups is 1. The Labute approximate surface area is 119 Å². The second-order valence-corrected chi connectivity index (χ2v) is 7.47. The predicted octanol–water partition coefficient (Wildman–Crippen LogP) is 2.00. The molecular formula is C14H19NO4S. The van der Waals surface area contributed by atoms with E-state index in [-0.39, 0.29) is 4.90 Å². The first kappa shape index (κ1) is 15.0. The van der Waals surface area contributed by atoms with Crippen LogP contribution in [0.15, 0.2) is 35.2 Å². The van der Waals surface area contributed by atoms with Crippen molar-refractivity contribution in [2.45, 2.75) is 43.5 Å². The highest BCUT2D eigenvalue weighted by atomic mass is 32.2. The van der Waals surface area contributed by atoms with Gasteiger partial charge in [0.2, 0.25) is 10.0 Å². The molecule has 1 saturated carbocycles. The van der Waals surface area contributed by atoms with Crippen LogP contribution in [-0.4, -0.2) is 25.0 Å². The number of carboxylic acid groups (broad SMARTS) is 1. The van der Waals surface area contributed by atoms with Gasteiger partial charge < -0.3 is 5.11 Å². The molecule has 2 rings (SSSR count). The normalized spacial score (nSPS) is 18.3. The van der Waals surface area contributed by atoms with Crippen molar-refractivity contribution in [1.82, 2.24) is 4.72 Å². The number of nitrogens with one attached hydrogen (secondary N) is 1. The van der Waals surface area contributed by atoms with Gasteiger partial charge in [0.25, 0.3) is 0 Å². The minimum Gasteiger partial charge on any atom is -0.481 e. The molecule has 1 aromatic carbocycles. The monoisotopic (exact) mass is 297 g/mol. The van der Waals surface area contributed by atoms with Gasteiger partial charge in [-0.05, 0) is 45.2 Å². The van der Waals surface area contributed by atoms with E-state index in [1.807, 2.05) is 0 Å². The topological polar surface area (TPSA) is 83.5 Å². The van der Waals surface area contributed by atoms with E-state index in [1.54, 1.807) is 32.0 Å². The number of sulfonamides is 1. The van der Waals surface area contributed by atoms with E-state index in [0.29, 0.717) is 12.8 Å². The third-order valence-electron chi connectivity index (χ3n) is 4.32. The summed E-state index contributed by atoms with van der Waals surface area (Å²) in [6, 6.07) is 8.03. The summed E-state index contributed by atoms with van der Waals surface area (Å²) < 4.78 is 27.4. The molecule has 0 unspecified atom stereocenters.